The maximum Gasteiger partial charge on any atom is 0.274 e. The van der Waals surface area contributed by atoms with Crippen molar-refractivity contribution in [3.05, 3.63) is 74.3 Å². The van der Waals surface area contributed by atoms with Crippen LogP contribution < -0.4 is 5.32 Å². The number of aryl methyl sites for hydroxylation is 3. The number of benzene rings is 2. The second kappa shape index (κ2) is 8.69. The number of amides is 2. The number of hydrogen-bond donors (Lipinski definition) is 1. The van der Waals surface area contributed by atoms with E-state index in [0.29, 0.717) is 29.6 Å². The molecule has 170 valence electrons. The molecule has 3 aromatic rings. The third-order valence-corrected chi connectivity index (χ3v) is 8.33. The number of thiazole rings is 1. The monoisotopic (exact) mass is 523 g/mol. The predicted molar refractivity (Wildman–Crippen MR) is 135 cm³/mol. The summed E-state index contributed by atoms with van der Waals surface area (Å²) >= 11 is 5.04. The molecular weight excluding hydrogens is 498 g/mol. The van der Waals surface area contributed by atoms with Crippen LogP contribution in [0.4, 0.5) is 0 Å². The van der Waals surface area contributed by atoms with Gasteiger partial charge in [-0.15, -0.1) is 11.3 Å². The first-order valence-corrected chi connectivity index (χ1v) is 12.8. The normalized spacial score (nSPS) is 21.1. The number of fused-ring (bicyclic) bond motifs is 1. The number of aromatic nitrogens is 1. The van der Waals surface area contributed by atoms with Gasteiger partial charge in [0.05, 0.1) is 21.5 Å². The van der Waals surface area contributed by atoms with Gasteiger partial charge in [0.25, 0.3) is 11.8 Å². The fourth-order valence-corrected chi connectivity index (χ4v) is 6.20. The largest absolute Gasteiger partial charge is 0.350 e. The molecule has 5 rings (SSSR count). The summed E-state index contributed by atoms with van der Waals surface area (Å²) in [6, 6.07) is 13.9. The van der Waals surface area contributed by atoms with Crippen LogP contribution in [0.15, 0.2) is 46.9 Å². The molecule has 0 unspecified atom stereocenters. The molecule has 0 bridgehead atoms. The van der Waals surface area contributed by atoms with Gasteiger partial charge >= 0.3 is 0 Å². The van der Waals surface area contributed by atoms with E-state index in [1.54, 1.807) is 11.3 Å². The average Bonchev–Trinajstić information content (AvgIpc) is 3.30. The Morgan fingerprint density at radius 1 is 1.15 bits per heavy atom. The van der Waals surface area contributed by atoms with Gasteiger partial charge in [0.15, 0.2) is 0 Å². The SMILES string of the molecule is Cc1cccc(-c2sc(C)nc2C(=O)N2C[C@H]3C[C@H]3[C@H]2CNC(=O)c2cc(C)ccc2Br)c1. The molecule has 33 heavy (non-hydrogen) atoms. The lowest BCUT2D eigenvalue weighted by molar-refractivity contribution is 0.0690. The highest BCUT2D eigenvalue weighted by atomic mass is 79.9. The minimum atomic E-state index is -0.118. The number of rotatable bonds is 5. The Morgan fingerprint density at radius 2 is 1.94 bits per heavy atom. The third kappa shape index (κ3) is 4.36. The second-order valence-electron chi connectivity index (χ2n) is 9.16. The van der Waals surface area contributed by atoms with Crippen LogP contribution in [0, 0.1) is 32.6 Å². The summed E-state index contributed by atoms with van der Waals surface area (Å²) in [4.78, 5) is 34.0. The summed E-state index contributed by atoms with van der Waals surface area (Å²) in [5, 5.41) is 3.96. The number of piperidine rings is 1. The molecule has 1 N–H and O–H groups in total. The lowest BCUT2D eigenvalue weighted by Gasteiger charge is -2.27. The summed E-state index contributed by atoms with van der Waals surface area (Å²) in [5.41, 5.74) is 4.37. The van der Waals surface area contributed by atoms with Crippen molar-refractivity contribution >= 4 is 39.1 Å². The first kappa shape index (κ1) is 22.3. The summed E-state index contributed by atoms with van der Waals surface area (Å²) in [7, 11) is 0. The molecule has 1 saturated heterocycles. The minimum Gasteiger partial charge on any atom is -0.350 e. The fraction of sp³-hybridized carbons (Fsp3) is 0.346. The van der Waals surface area contributed by atoms with Crippen molar-refractivity contribution in [2.45, 2.75) is 33.2 Å². The van der Waals surface area contributed by atoms with Gasteiger partial charge in [0.1, 0.15) is 5.69 Å². The van der Waals surface area contributed by atoms with Crippen molar-refractivity contribution in [2.75, 3.05) is 13.1 Å². The molecule has 0 radical (unpaired) electrons. The number of carbonyl (C=O) groups excluding carboxylic acids is 2. The number of carbonyl (C=O) groups is 2. The lowest BCUT2D eigenvalue weighted by Crippen LogP contribution is -2.45. The van der Waals surface area contributed by atoms with E-state index >= 15 is 0 Å². The average molecular weight is 524 g/mol. The maximum atomic E-state index is 13.7. The van der Waals surface area contributed by atoms with Crippen LogP contribution in [0.2, 0.25) is 0 Å². The number of nitrogens with zero attached hydrogens (tertiary/aromatic N) is 2. The quantitative estimate of drug-likeness (QED) is 0.487. The molecule has 2 aliphatic rings. The van der Waals surface area contributed by atoms with Crippen molar-refractivity contribution in [1.82, 2.24) is 15.2 Å². The molecule has 1 aliphatic heterocycles. The summed E-state index contributed by atoms with van der Waals surface area (Å²) in [5.74, 6) is 0.840. The Labute approximate surface area is 206 Å². The molecule has 1 aromatic heterocycles. The number of nitrogens with one attached hydrogen (secondary N) is 1. The van der Waals surface area contributed by atoms with E-state index < -0.39 is 0 Å². The molecule has 2 fully saturated rings. The first-order chi connectivity index (χ1) is 15.8. The van der Waals surface area contributed by atoms with Crippen molar-refractivity contribution < 1.29 is 9.59 Å². The van der Waals surface area contributed by atoms with Gasteiger partial charge in [-0.05, 0) is 72.7 Å². The van der Waals surface area contributed by atoms with E-state index in [1.165, 1.54) is 0 Å². The molecule has 1 aliphatic carbocycles. The van der Waals surface area contributed by atoms with Gasteiger partial charge < -0.3 is 10.2 Å². The topological polar surface area (TPSA) is 62.3 Å². The van der Waals surface area contributed by atoms with Crippen LogP contribution in [-0.4, -0.2) is 40.8 Å². The highest BCUT2D eigenvalue weighted by Crippen LogP contribution is 2.50. The van der Waals surface area contributed by atoms with Gasteiger partial charge in [-0.1, -0.05) is 41.5 Å². The standard InChI is InChI=1S/C26H26BrN3O2S/c1-14-5-4-6-17(9-14)24-23(29-16(3)33-24)26(32)30-13-18-11-19(18)22(30)12-28-25(31)20-10-15(2)7-8-21(20)27/h4-10,18-19,22H,11-13H2,1-3H3,(H,28,31)/t18-,19-,22-/m1/s1. The van der Waals surface area contributed by atoms with Crippen LogP contribution >= 0.6 is 27.3 Å². The Hall–Kier alpha value is -2.51. The van der Waals surface area contributed by atoms with E-state index in [2.05, 4.69) is 45.3 Å². The van der Waals surface area contributed by atoms with Gasteiger partial charge in [-0.25, -0.2) is 4.98 Å². The third-order valence-electron chi connectivity index (χ3n) is 6.62. The van der Waals surface area contributed by atoms with Crippen LogP contribution in [0.1, 0.15) is 43.4 Å². The van der Waals surface area contributed by atoms with Gasteiger partial charge in [-0.3, -0.25) is 9.59 Å². The Kier molecular flexibility index (Phi) is 5.87. The number of likely N-dealkylation sites (tertiary alicyclic amines) is 1. The second-order valence-corrected chi connectivity index (χ2v) is 11.2. The number of hydrogen-bond acceptors (Lipinski definition) is 4. The van der Waals surface area contributed by atoms with Crippen molar-refractivity contribution in [1.29, 1.82) is 0 Å². The van der Waals surface area contributed by atoms with Gasteiger partial charge in [0, 0.05) is 17.6 Å². The fourth-order valence-electron chi connectivity index (χ4n) is 4.86. The summed E-state index contributed by atoms with van der Waals surface area (Å²) < 4.78 is 0.773. The Bertz CT molecular complexity index is 1250. The zero-order valence-corrected chi connectivity index (χ0v) is 21.3. The van der Waals surface area contributed by atoms with Crippen LogP contribution in [0.5, 0.6) is 0 Å². The van der Waals surface area contributed by atoms with Crippen LogP contribution in [0.25, 0.3) is 10.4 Å². The van der Waals surface area contributed by atoms with Crippen molar-refractivity contribution in [2.24, 2.45) is 11.8 Å². The zero-order chi connectivity index (χ0) is 23.3. The zero-order valence-electron chi connectivity index (χ0n) is 18.9. The summed E-state index contributed by atoms with van der Waals surface area (Å²) in [6.07, 6.45) is 1.12. The van der Waals surface area contributed by atoms with E-state index in [0.717, 1.165) is 44.0 Å². The molecule has 2 heterocycles. The minimum absolute atomic E-state index is 0.00222. The van der Waals surface area contributed by atoms with Crippen molar-refractivity contribution in [3.63, 3.8) is 0 Å². The molecule has 1 saturated carbocycles. The first-order valence-electron chi connectivity index (χ1n) is 11.2. The lowest BCUT2D eigenvalue weighted by atomic mass is 10.1. The highest BCUT2D eigenvalue weighted by molar-refractivity contribution is 9.10. The van der Waals surface area contributed by atoms with Crippen LogP contribution in [-0.2, 0) is 0 Å². The summed E-state index contributed by atoms with van der Waals surface area (Å²) in [6.45, 7) is 7.16. The molecule has 7 heteroatoms. The van der Waals surface area contributed by atoms with Gasteiger partial charge in [0.2, 0.25) is 0 Å². The highest BCUT2D eigenvalue weighted by Gasteiger charge is 2.54. The smallest absolute Gasteiger partial charge is 0.274 e. The van der Waals surface area contributed by atoms with E-state index in [-0.39, 0.29) is 17.9 Å². The molecular formula is C26H26BrN3O2S. The van der Waals surface area contributed by atoms with Crippen molar-refractivity contribution in [3.8, 4) is 10.4 Å². The maximum absolute atomic E-state index is 13.7. The van der Waals surface area contributed by atoms with E-state index in [9.17, 15) is 9.59 Å². The van der Waals surface area contributed by atoms with Crippen LogP contribution in [0.3, 0.4) is 0 Å². The number of halogens is 1. The Balaban J connectivity index is 1.36. The Morgan fingerprint density at radius 3 is 2.73 bits per heavy atom. The predicted octanol–water partition coefficient (Wildman–Crippen LogP) is 5.39. The molecule has 5 nitrogen and oxygen atoms in total. The molecule has 0 spiro atoms. The van der Waals surface area contributed by atoms with Gasteiger partial charge in [-0.2, -0.15) is 0 Å². The molecule has 2 amide bonds. The molecule has 2 aromatic carbocycles. The molecule has 3 atom stereocenters. The van der Waals surface area contributed by atoms with E-state index in [1.807, 2.05) is 49.1 Å². The van der Waals surface area contributed by atoms with E-state index in [4.69, 9.17) is 0 Å².